The van der Waals surface area contributed by atoms with Gasteiger partial charge in [-0.3, -0.25) is 20.0 Å². The second-order valence-electron chi connectivity index (χ2n) is 5.98. The van der Waals surface area contributed by atoms with Gasteiger partial charge in [-0.15, -0.1) is 0 Å². The number of carbonyl (C=O) groups is 1. The van der Waals surface area contributed by atoms with Crippen molar-refractivity contribution in [3.63, 3.8) is 0 Å². The Morgan fingerprint density at radius 3 is 2.67 bits per heavy atom. The lowest BCUT2D eigenvalue weighted by molar-refractivity contribution is 0.0875. The van der Waals surface area contributed by atoms with Crippen LogP contribution < -0.4 is 11.3 Å². The number of hydrogen-bond acceptors (Lipinski definition) is 5. The van der Waals surface area contributed by atoms with Gasteiger partial charge in [-0.2, -0.15) is 0 Å². The van der Waals surface area contributed by atoms with E-state index in [0.717, 1.165) is 32.2 Å². The molecule has 0 bridgehead atoms. The predicted molar refractivity (Wildman–Crippen MR) is 79.5 cm³/mol. The van der Waals surface area contributed by atoms with Crippen molar-refractivity contribution in [1.29, 1.82) is 0 Å². The zero-order chi connectivity index (χ0) is 14.7. The summed E-state index contributed by atoms with van der Waals surface area (Å²) in [5.41, 5.74) is 2.70. The standard InChI is InChI=1S/C15H24N4O2/c16-17-15(20)13-5-10-21-14(13)11-18-6-8-19(9-7-18)12-3-1-2-4-12/h5,10,12H,1-4,6-9,11,16H2,(H,17,20). The van der Waals surface area contributed by atoms with Crippen LogP contribution in [-0.4, -0.2) is 47.9 Å². The van der Waals surface area contributed by atoms with E-state index in [1.807, 2.05) is 0 Å². The molecule has 1 aliphatic heterocycles. The van der Waals surface area contributed by atoms with Gasteiger partial charge in [0.25, 0.3) is 5.91 Å². The van der Waals surface area contributed by atoms with Crippen LogP contribution in [0.2, 0.25) is 0 Å². The van der Waals surface area contributed by atoms with Crippen molar-refractivity contribution in [2.24, 2.45) is 5.84 Å². The second-order valence-corrected chi connectivity index (χ2v) is 5.98. The van der Waals surface area contributed by atoms with Gasteiger partial charge in [0, 0.05) is 32.2 Å². The Kier molecular flexibility index (Phi) is 4.57. The molecule has 1 aliphatic carbocycles. The molecule has 2 heterocycles. The maximum atomic E-state index is 11.6. The van der Waals surface area contributed by atoms with Crippen LogP contribution in [0.4, 0.5) is 0 Å². The molecule has 6 heteroatoms. The fourth-order valence-corrected chi connectivity index (χ4v) is 3.50. The number of amides is 1. The van der Waals surface area contributed by atoms with Crippen LogP contribution in [0.1, 0.15) is 41.8 Å². The average Bonchev–Trinajstić information content (AvgIpc) is 3.18. The number of nitrogens with two attached hydrogens (primary N) is 1. The Morgan fingerprint density at radius 1 is 1.29 bits per heavy atom. The summed E-state index contributed by atoms with van der Waals surface area (Å²) in [6, 6.07) is 2.47. The molecule has 3 rings (SSSR count). The molecule has 0 spiro atoms. The number of furan rings is 1. The molecule has 1 aromatic heterocycles. The van der Waals surface area contributed by atoms with E-state index in [4.69, 9.17) is 10.3 Å². The molecule has 0 radical (unpaired) electrons. The summed E-state index contributed by atoms with van der Waals surface area (Å²) in [6.07, 6.45) is 7.04. The SMILES string of the molecule is NNC(=O)c1ccoc1CN1CCN(C2CCCC2)CC1. The first kappa shape index (κ1) is 14.6. The molecule has 1 saturated heterocycles. The molecule has 21 heavy (non-hydrogen) atoms. The first-order valence-electron chi connectivity index (χ1n) is 7.81. The molecule has 1 saturated carbocycles. The Bertz CT molecular complexity index is 474. The number of hydrazine groups is 1. The largest absolute Gasteiger partial charge is 0.467 e. The van der Waals surface area contributed by atoms with Gasteiger partial charge in [-0.05, 0) is 18.9 Å². The van der Waals surface area contributed by atoms with Gasteiger partial charge in [0.2, 0.25) is 0 Å². The predicted octanol–water partition coefficient (Wildman–Crippen LogP) is 0.943. The molecule has 2 fully saturated rings. The van der Waals surface area contributed by atoms with Gasteiger partial charge in [-0.25, -0.2) is 5.84 Å². The molecule has 1 amide bonds. The molecule has 6 nitrogen and oxygen atoms in total. The van der Waals surface area contributed by atoms with E-state index < -0.39 is 0 Å². The molecular weight excluding hydrogens is 268 g/mol. The van der Waals surface area contributed by atoms with Crippen LogP contribution in [0.15, 0.2) is 16.7 Å². The van der Waals surface area contributed by atoms with Crippen molar-refractivity contribution >= 4 is 5.91 Å². The third-order valence-corrected chi connectivity index (χ3v) is 4.74. The lowest BCUT2D eigenvalue weighted by Gasteiger charge is -2.37. The van der Waals surface area contributed by atoms with Crippen LogP contribution in [0.25, 0.3) is 0 Å². The van der Waals surface area contributed by atoms with Crippen molar-refractivity contribution in [2.45, 2.75) is 38.3 Å². The van der Waals surface area contributed by atoms with Gasteiger partial charge >= 0.3 is 0 Å². The number of hydrogen-bond donors (Lipinski definition) is 2. The summed E-state index contributed by atoms with van der Waals surface area (Å²) in [6.45, 7) is 4.96. The Labute approximate surface area is 125 Å². The Morgan fingerprint density at radius 2 is 2.00 bits per heavy atom. The minimum absolute atomic E-state index is 0.289. The highest BCUT2D eigenvalue weighted by atomic mass is 16.3. The Balaban J connectivity index is 1.53. The fourth-order valence-electron chi connectivity index (χ4n) is 3.50. The third kappa shape index (κ3) is 3.28. The molecule has 0 aromatic carbocycles. The lowest BCUT2D eigenvalue weighted by atomic mass is 10.1. The van der Waals surface area contributed by atoms with Gasteiger partial charge in [0.15, 0.2) is 0 Å². The van der Waals surface area contributed by atoms with E-state index in [2.05, 4.69) is 15.2 Å². The zero-order valence-corrected chi connectivity index (χ0v) is 12.4. The lowest BCUT2D eigenvalue weighted by Crippen LogP contribution is -2.49. The fraction of sp³-hybridized carbons (Fsp3) is 0.667. The number of rotatable bonds is 4. The molecular formula is C15H24N4O2. The van der Waals surface area contributed by atoms with E-state index in [0.29, 0.717) is 17.9 Å². The van der Waals surface area contributed by atoms with E-state index in [9.17, 15) is 4.79 Å². The molecule has 116 valence electrons. The van der Waals surface area contributed by atoms with Gasteiger partial charge < -0.3 is 4.42 Å². The van der Waals surface area contributed by atoms with Crippen molar-refractivity contribution in [2.75, 3.05) is 26.2 Å². The molecule has 1 aromatic rings. The van der Waals surface area contributed by atoms with Gasteiger partial charge in [0.05, 0.1) is 18.4 Å². The van der Waals surface area contributed by atoms with Crippen LogP contribution in [0.5, 0.6) is 0 Å². The second kappa shape index (κ2) is 6.60. The maximum Gasteiger partial charge on any atom is 0.268 e. The van der Waals surface area contributed by atoms with E-state index >= 15 is 0 Å². The average molecular weight is 292 g/mol. The topological polar surface area (TPSA) is 74.7 Å². The summed E-state index contributed by atoms with van der Waals surface area (Å²) in [7, 11) is 0. The van der Waals surface area contributed by atoms with E-state index in [1.165, 1.54) is 25.7 Å². The summed E-state index contributed by atoms with van der Waals surface area (Å²) in [5.74, 6) is 5.60. The summed E-state index contributed by atoms with van der Waals surface area (Å²) < 4.78 is 5.45. The monoisotopic (exact) mass is 292 g/mol. The highest BCUT2D eigenvalue weighted by molar-refractivity contribution is 5.94. The Hall–Kier alpha value is -1.37. The van der Waals surface area contributed by atoms with Crippen molar-refractivity contribution in [3.8, 4) is 0 Å². The first-order chi connectivity index (χ1) is 10.3. The first-order valence-corrected chi connectivity index (χ1v) is 7.81. The molecule has 0 atom stereocenters. The number of carbonyl (C=O) groups excluding carboxylic acids is 1. The van der Waals surface area contributed by atoms with Crippen LogP contribution in [-0.2, 0) is 6.54 Å². The number of nitrogen functional groups attached to an aromatic ring is 1. The molecule has 0 unspecified atom stereocenters. The normalized spacial score (nSPS) is 21.8. The van der Waals surface area contributed by atoms with E-state index in [1.54, 1.807) is 12.3 Å². The highest BCUT2D eigenvalue weighted by Gasteiger charge is 2.27. The van der Waals surface area contributed by atoms with Crippen molar-refractivity contribution < 1.29 is 9.21 Å². The zero-order valence-electron chi connectivity index (χ0n) is 12.4. The maximum absolute atomic E-state index is 11.6. The molecule has 3 N–H and O–H groups in total. The van der Waals surface area contributed by atoms with Crippen LogP contribution >= 0.6 is 0 Å². The summed E-state index contributed by atoms with van der Waals surface area (Å²) in [5, 5.41) is 0. The smallest absolute Gasteiger partial charge is 0.268 e. The summed E-state index contributed by atoms with van der Waals surface area (Å²) in [4.78, 5) is 16.6. The van der Waals surface area contributed by atoms with Gasteiger partial charge in [0.1, 0.15) is 5.76 Å². The van der Waals surface area contributed by atoms with Crippen molar-refractivity contribution in [1.82, 2.24) is 15.2 Å². The number of piperazine rings is 1. The minimum Gasteiger partial charge on any atom is -0.467 e. The number of nitrogens with zero attached hydrogens (tertiary/aromatic N) is 2. The van der Waals surface area contributed by atoms with Gasteiger partial charge in [-0.1, -0.05) is 12.8 Å². The van der Waals surface area contributed by atoms with Crippen LogP contribution in [0.3, 0.4) is 0 Å². The minimum atomic E-state index is -0.289. The summed E-state index contributed by atoms with van der Waals surface area (Å²) >= 11 is 0. The quantitative estimate of drug-likeness (QED) is 0.491. The van der Waals surface area contributed by atoms with Crippen molar-refractivity contribution in [3.05, 3.63) is 23.7 Å². The third-order valence-electron chi connectivity index (χ3n) is 4.74. The molecule has 2 aliphatic rings. The highest BCUT2D eigenvalue weighted by Crippen LogP contribution is 2.24. The van der Waals surface area contributed by atoms with E-state index in [-0.39, 0.29) is 5.91 Å². The number of nitrogens with one attached hydrogen (secondary N) is 1. The van der Waals surface area contributed by atoms with Crippen LogP contribution in [0, 0.1) is 0 Å².